The molecular formula is C10H13ClN2O2. The van der Waals surface area contributed by atoms with Crippen molar-refractivity contribution >= 4 is 17.6 Å². The van der Waals surface area contributed by atoms with Crippen molar-refractivity contribution in [1.82, 2.24) is 0 Å². The molecule has 0 radical (unpaired) electrons. The Balaban J connectivity index is 2.92. The molecule has 1 rings (SSSR count). The van der Waals surface area contributed by atoms with Crippen LogP contribution in [-0.4, -0.2) is 12.5 Å². The lowest BCUT2D eigenvalue weighted by Crippen LogP contribution is -2.21. The Morgan fingerprint density at radius 2 is 2.27 bits per heavy atom. The average molecular weight is 229 g/mol. The van der Waals surface area contributed by atoms with E-state index in [0.29, 0.717) is 17.3 Å². The van der Waals surface area contributed by atoms with Gasteiger partial charge in [-0.1, -0.05) is 17.7 Å². The number of hydrogen-bond donors (Lipinski definition) is 2. The van der Waals surface area contributed by atoms with Crippen molar-refractivity contribution in [2.45, 2.75) is 13.0 Å². The molecule has 0 bridgehead atoms. The number of ether oxygens (including phenoxy) is 1. The van der Waals surface area contributed by atoms with E-state index in [1.165, 1.54) is 6.92 Å². The van der Waals surface area contributed by atoms with Gasteiger partial charge in [0.1, 0.15) is 5.75 Å². The van der Waals surface area contributed by atoms with E-state index in [2.05, 4.69) is 0 Å². The van der Waals surface area contributed by atoms with Crippen LogP contribution < -0.4 is 16.2 Å². The predicted octanol–water partition coefficient (Wildman–Crippen LogP) is 1.22. The minimum absolute atomic E-state index is 0.302. The maximum Gasteiger partial charge on any atom is 0.308 e. The molecule has 0 aliphatic heterocycles. The summed E-state index contributed by atoms with van der Waals surface area (Å²) in [5, 5.41) is 0.451. The van der Waals surface area contributed by atoms with Crippen LogP contribution in [0.25, 0.3) is 0 Å². The highest BCUT2D eigenvalue weighted by atomic mass is 35.5. The maximum absolute atomic E-state index is 10.7. The van der Waals surface area contributed by atoms with Gasteiger partial charge < -0.3 is 16.2 Å². The minimum atomic E-state index is -0.387. The first-order chi connectivity index (χ1) is 7.04. The summed E-state index contributed by atoms with van der Waals surface area (Å²) in [6.45, 7) is 1.64. The van der Waals surface area contributed by atoms with Crippen LogP contribution in [0.15, 0.2) is 18.2 Å². The van der Waals surface area contributed by atoms with Gasteiger partial charge in [0.25, 0.3) is 0 Å². The van der Waals surface area contributed by atoms with Crippen molar-refractivity contribution in [2.24, 2.45) is 11.5 Å². The quantitative estimate of drug-likeness (QED) is 0.602. The third-order valence-electron chi connectivity index (χ3n) is 1.89. The summed E-state index contributed by atoms with van der Waals surface area (Å²) >= 11 is 5.96. The van der Waals surface area contributed by atoms with Crippen LogP contribution in [0.3, 0.4) is 0 Å². The molecular weight excluding hydrogens is 216 g/mol. The lowest BCUT2D eigenvalue weighted by Gasteiger charge is -2.12. The third-order valence-corrected chi connectivity index (χ3v) is 2.21. The van der Waals surface area contributed by atoms with Crippen molar-refractivity contribution in [3.05, 3.63) is 28.8 Å². The van der Waals surface area contributed by atoms with Crippen molar-refractivity contribution in [1.29, 1.82) is 0 Å². The van der Waals surface area contributed by atoms with Gasteiger partial charge in [0, 0.05) is 24.5 Å². The molecule has 4 nitrogen and oxygen atoms in total. The second kappa shape index (κ2) is 5.11. The molecule has 0 spiro atoms. The Hall–Kier alpha value is -1.10. The molecule has 0 saturated heterocycles. The fourth-order valence-electron chi connectivity index (χ4n) is 1.16. The molecule has 0 unspecified atom stereocenters. The number of rotatable bonds is 3. The van der Waals surface area contributed by atoms with E-state index in [-0.39, 0.29) is 12.0 Å². The molecule has 0 saturated carbocycles. The Morgan fingerprint density at radius 3 is 2.73 bits per heavy atom. The van der Waals surface area contributed by atoms with Gasteiger partial charge >= 0.3 is 5.97 Å². The summed E-state index contributed by atoms with van der Waals surface area (Å²) < 4.78 is 4.87. The lowest BCUT2D eigenvalue weighted by atomic mass is 10.1. The molecule has 1 aromatic carbocycles. The molecule has 15 heavy (non-hydrogen) atoms. The zero-order valence-corrected chi connectivity index (χ0v) is 9.12. The van der Waals surface area contributed by atoms with Crippen LogP contribution in [0, 0.1) is 0 Å². The number of benzene rings is 1. The van der Waals surface area contributed by atoms with E-state index in [0.717, 1.165) is 5.56 Å². The van der Waals surface area contributed by atoms with Gasteiger partial charge in [0.05, 0.1) is 0 Å². The fourth-order valence-corrected chi connectivity index (χ4v) is 1.48. The number of halogens is 1. The van der Waals surface area contributed by atoms with Crippen molar-refractivity contribution in [3.63, 3.8) is 0 Å². The molecule has 4 N–H and O–H groups in total. The third kappa shape index (κ3) is 3.20. The monoisotopic (exact) mass is 228 g/mol. The molecule has 0 heterocycles. The number of esters is 1. The van der Waals surface area contributed by atoms with Crippen LogP contribution in [0.4, 0.5) is 0 Å². The molecule has 1 atom stereocenters. The van der Waals surface area contributed by atoms with Gasteiger partial charge in [-0.25, -0.2) is 0 Å². The normalized spacial score (nSPS) is 12.3. The highest BCUT2D eigenvalue weighted by Gasteiger charge is 2.09. The smallest absolute Gasteiger partial charge is 0.308 e. The van der Waals surface area contributed by atoms with Gasteiger partial charge in [-0.05, 0) is 17.7 Å². The van der Waals surface area contributed by atoms with E-state index in [1.54, 1.807) is 18.2 Å². The second-order valence-electron chi connectivity index (χ2n) is 3.12. The van der Waals surface area contributed by atoms with Gasteiger partial charge in [0.15, 0.2) is 0 Å². The van der Waals surface area contributed by atoms with Crippen molar-refractivity contribution in [3.8, 4) is 5.75 Å². The molecule has 5 heteroatoms. The number of hydrogen-bond acceptors (Lipinski definition) is 4. The van der Waals surface area contributed by atoms with Gasteiger partial charge in [-0.2, -0.15) is 0 Å². The Labute approximate surface area is 93.1 Å². The van der Waals surface area contributed by atoms with Crippen LogP contribution in [0.5, 0.6) is 5.75 Å². The maximum atomic E-state index is 10.7. The topological polar surface area (TPSA) is 78.3 Å². The molecule has 0 aliphatic rings. The van der Waals surface area contributed by atoms with E-state index in [1.807, 2.05) is 0 Å². The highest BCUT2D eigenvalue weighted by Crippen LogP contribution is 2.26. The Bertz CT molecular complexity index is 368. The molecule has 82 valence electrons. The SMILES string of the molecule is CC(=O)Oc1ccc([C@H](N)CN)c(Cl)c1. The summed E-state index contributed by atoms with van der Waals surface area (Å²) in [6.07, 6.45) is 0. The molecule has 1 aromatic rings. The number of nitrogens with two attached hydrogens (primary N) is 2. The van der Waals surface area contributed by atoms with Crippen LogP contribution >= 0.6 is 11.6 Å². The largest absolute Gasteiger partial charge is 0.427 e. The molecule has 0 aliphatic carbocycles. The Kier molecular flexibility index (Phi) is 4.08. The second-order valence-corrected chi connectivity index (χ2v) is 3.53. The Morgan fingerprint density at radius 1 is 1.60 bits per heavy atom. The van der Waals surface area contributed by atoms with Crippen molar-refractivity contribution < 1.29 is 9.53 Å². The first-order valence-electron chi connectivity index (χ1n) is 4.48. The summed E-state index contributed by atoms with van der Waals surface area (Å²) in [4.78, 5) is 10.7. The van der Waals surface area contributed by atoms with Gasteiger partial charge in [-0.3, -0.25) is 4.79 Å². The number of carbonyl (C=O) groups excluding carboxylic acids is 1. The van der Waals surface area contributed by atoms with Gasteiger partial charge in [0.2, 0.25) is 0 Å². The highest BCUT2D eigenvalue weighted by molar-refractivity contribution is 6.31. The fraction of sp³-hybridized carbons (Fsp3) is 0.300. The molecule has 0 aromatic heterocycles. The van der Waals surface area contributed by atoms with E-state index < -0.39 is 0 Å². The summed E-state index contributed by atoms with van der Waals surface area (Å²) in [6, 6.07) is 4.59. The van der Waals surface area contributed by atoms with Crippen LogP contribution in [-0.2, 0) is 4.79 Å². The predicted molar refractivity (Wildman–Crippen MR) is 58.7 cm³/mol. The number of carbonyl (C=O) groups is 1. The summed E-state index contributed by atoms with van der Waals surface area (Å²) in [5.74, 6) is 0.0161. The van der Waals surface area contributed by atoms with E-state index in [9.17, 15) is 4.79 Å². The minimum Gasteiger partial charge on any atom is -0.427 e. The summed E-state index contributed by atoms with van der Waals surface area (Å²) in [7, 11) is 0. The standard InChI is InChI=1S/C10H13ClN2O2/c1-6(14)15-7-2-3-8(9(11)4-7)10(13)5-12/h2-4,10H,5,12-13H2,1H3/t10-/m1/s1. The summed E-state index contributed by atoms with van der Waals surface area (Å²) in [5.41, 5.74) is 11.9. The zero-order chi connectivity index (χ0) is 11.4. The van der Waals surface area contributed by atoms with Gasteiger partial charge in [-0.15, -0.1) is 0 Å². The van der Waals surface area contributed by atoms with E-state index in [4.69, 9.17) is 27.8 Å². The van der Waals surface area contributed by atoms with Crippen LogP contribution in [0.2, 0.25) is 5.02 Å². The molecule has 0 amide bonds. The van der Waals surface area contributed by atoms with E-state index >= 15 is 0 Å². The van der Waals surface area contributed by atoms with Crippen LogP contribution in [0.1, 0.15) is 18.5 Å². The average Bonchev–Trinajstić information content (AvgIpc) is 2.16. The first kappa shape index (κ1) is 12.0. The lowest BCUT2D eigenvalue weighted by molar-refractivity contribution is -0.131. The zero-order valence-electron chi connectivity index (χ0n) is 8.37. The molecule has 0 fully saturated rings. The van der Waals surface area contributed by atoms with Crippen molar-refractivity contribution in [2.75, 3.05) is 6.54 Å². The first-order valence-corrected chi connectivity index (χ1v) is 4.86.